The number of benzene rings is 1. The molecule has 0 radical (unpaired) electrons. The highest BCUT2D eigenvalue weighted by Crippen LogP contribution is 2.22. The lowest BCUT2D eigenvalue weighted by molar-refractivity contribution is 0.0411. The Balaban J connectivity index is 2.00. The van der Waals surface area contributed by atoms with Crippen molar-refractivity contribution in [3.63, 3.8) is 0 Å². The Hall–Kier alpha value is -1.65. The van der Waals surface area contributed by atoms with Crippen LogP contribution in [0.25, 0.3) is 0 Å². The fourth-order valence-corrected chi connectivity index (χ4v) is 2.37. The first-order valence-corrected chi connectivity index (χ1v) is 7.10. The maximum absolute atomic E-state index is 6.34. The van der Waals surface area contributed by atoms with Crippen LogP contribution in [-0.4, -0.2) is 22.2 Å². The van der Waals surface area contributed by atoms with Gasteiger partial charge in [-0.15, -0.1) is 0 Å². The molecule has 0 aliphatic carbocycles. The standard InChI is InChI=1S/C16H23N3O/c1-3-20-16(13-7-5-4-6-8-13)14(17)9-10-15-18-11-12-19(15)2/h4-8,11-12,14,16H,3,9-10,17H2,1-2H3. The van der Waals surface area contributed by atoms with Gasteiger partial charge in [0.15, 0.2) is 0 Å². The number of aromatic nitrogens is 2. The molecule has 2 rings (SSSR count). The summed E-state index contributed by atoms with van der Waals surface area (Å²) >= 11 is 0. The summed E-state index contributed by atoms with van der Waals surface area (Å²) in [5.74, 6) is 1.06. The molecule has 4 nitrogen and oxygen atoms in total. The SMILES string of the molecule is CCOC(c1ccccc1)C(N)CCc1nccn1C. The smallest absolute Gasteiger partial charge is 0.108 e. The van der Waals surface area contributed by atoms with Gasteiger partial charge >= 0.3 is 0 Å². The van der Waals surface area contributed by atoms with Gasteiger partial charge in [0.05, 0.1) is 6.10 Å². The van der Waals surface area contributed by atoms with Crippen LogP contribution in [0.2, 0.25) is 0 Å². The zero-order valence-corrected chi connectivity index (χ0v) is 12.2. The fraction of sp³-hybridized carbons (Fsp3) is 0.438. The van der Waals surface area contributed by atoms with E-state index >= 15 is 0 Å². The van der Waals surface area contributed by atoms with E-state index in [1.54, 1.807) is 0 Å². The van der Waals surface area contributed by atoms with E-state index in [2.05, 4.69) is 17.1 Å². The quantitative estimate of drug-likeness (QED) is 0.843. The van der Waals surface area contributed by atoms with Gasteiger partial charge in [0.1, 0.15) is 5.82 Å². The molecule has 1 aromatic heterocycles. The van der Waals surface area contributed by atoms with Gasteiger partial charge < -0.3 is 15.0 Å². The predicted molar refractivity (Wildman–Crippen MR) is 80.3 cm³/mol. The average Bonchev–Trinajstić information content (AvgIpc) is 2.88. The molecule has 2 aromatic rings. The molecule has 108 valence electrons. The summed E-state index contributed by atoms with van der Waals surface area (Å²) in [5.41, 5.74) is 7.48. The van der Waals surface area contributed by atoms with Gasteiger partial charge in [0.2, 0.25) is 0 Å². The highest BCUT2D eigenvalue weighted by atomic mass is 16.5. The molecule has 0 amide bonds. The Morgan fingerprint density at radius 1 is 1.30 bits per heavy atom. The lowest BCUT2D eigenvalue weighted by Crippen LogP contribution is -2.31. The van der Waals surface area contributed by atoms with Crippen molar-refractivity contribution in [3.05, 3.63) is 54.1 Å². The van der Waals surface area contributed by atoms with Gasteiger partial charge in [0, 0.05) is 38.5 Å². The molecule has 0 aliphatic rings. The monoisotopic (exact) mass is 273 g/mol. The van der Waals surface area contributed by atoms with Crippen molar-refractivity contribution in [1.82, 2.24) is 9.55 Å². The van der Waals surface area contributed by atoms with Crippen molar-refractivity contribution in [2.45, 2.75) is 31.9 Å². The molecule has 2 unspecified atom stereocenters. The maximum atomic E-state index is 6.34. The molecule has 1 heterocycles. The third-order valence-corrected chi connectivity index (χ3v) is 3.49. The van der Waals surface area contributed by atoms with Crippen molar-refractivity contribution < 1.29 is 4.74 Å². The van der Waals surface area contributed by atoms with Crippen LogP contribution < -0.4 is 5.73 Å². The van der Waals surface area contributed by atoms with E-state index in [0.29, 0.717) is 6.61 Å². The summed E-state index contributed by atoms with van der Waals surface area (Å²) in [5, 5.41) is 0. The van der Waals surface area contributed by atoms with Crippen LogP contribution in [0.15, 0.2) is 42.7 Å². The molecular formula is C16H23N3O. The van der Waals surface area contributed by atoms with E-state index in [1.165, 1.54) is 0 Å². The first kappa shape index (κ1) is 14.8. The molecule has 0 saturated heterocycles. The Labute approximate surface area is 120 Å². The zero-order chi connectivity index (χ0) is 14.4. The second-order valence-corrected chi connectivity index (χ2v) is 4.94. The maximum Gasteiger partial charge on any atom is 0.108 e. The molecule has 1 aromatic carbocycles. The molecular weight excluding hydrogens is 250 g/mol. The number of hydrogen-bond donors (Lipinski definition) is 1. The molecule has 0 fully saturated rings. The van der Waals surface area contributed by atoms with Crippen molar-refractivity contribution in [3.8, 4) is 0 Å². The Morgan fingerprint density at radius 3 is 2.65 bits per heavy atom. The predicted octanol–water partition coefficient (Wildman–Crippen LogP) is 2.46. The van der Waals surface area contributed by atoms with Crippen LogP contribution >= 0.6 is 0 Å². The average molecular weight is 273 g/mol. The van der Waals surface area contributed by atoms with Gasteiger partial charge in [0.25, 0.3) is 0 Å². The Kier molecular flexibility index (Phi) is 5.32. The highest BCUT2D eigenvalue weighted by molar-refractivity contribution is 5.19. The largest absolute Gasteiger partial charge is 0.372 e. The number of nitrogens with two attached hydrogens (primary N) is 1. The first-order valence-electron chi connectivity index (χ1n) is 7.10. The van der Waals surface area contributed by atoms with Crippen molar-refractivity contribution >= 4 is 0 Å². The Morgan fingerprint density at radius 2 is 2.05 bits per heavy atom. The number of rotatable bonds is 7. The van der Waals surface area contributed by atoms with E-state index < -0.39 is 0 Å². The van der Waals surface area contributed by atoms with Crippen molar-refractivity contribution in [2.75, 3.05) is 6.61 Å². The molecule has 0 bridgehead atoms. The summed E-state index contributed by atoms with van der Waals surface area (Å²) in [6.07, 6.45) is 5.43. The van der Waals surface area contributed by atoms with Crippen LogP contribution in [-0.2, 0) is 18.2 Å². The van der Waals surface area contributed by atoms with E-state index in [9.17, 15) is 0 Å². The highest BCUT2D eigenvalue weighted by Gasteiger charge is 2.20. The normalized spacial score (nSPS) is 14.2. The minimum atomic E-state index is -0.0542. The first-order chi connectivity index (χ1) is 9.72. The minimum Gasteiger partial charge on any atom is -0.372 e. The number of nitrogens with zero attached hydrogens (tertiary/aromatic N) is 2. The van der Waals surface area contributed by atoms with Gasteiger partial charge in [-0.25, -0.2) is 4.98 Å². The zero-order valence-electron chi connectivity index (χ0n) is 12.2. The lowest BCUT2D eigenvalue weighted by atomic mass is 9.99. The van der Waals surface area contributed by atoms with Crippen molar-refractivity contribution in [1.29, 1.82) is 0 Å². The van der Waals surface area contributed by atoms with Gasteiger partial charge in [-0.2, -0.15) is 0 Å². The van der Waals surface area contributed by atoms with Crippen LogP contribution in [0.1, 0.15) is 30.8 Å². The molecule has 0 aliphatic heterocycles. The molecule has 20 heavy (non-hydrogen) atoms. The topological polar surface area (TPSA) is 53.1 Å². The summed E-state index contributed by atoms with van der Waals surface area (Å²) in [6.45, 7) is 2.66. The summed E-state index contributed by atoms with van der Waals surface area (Å²) in [4.78, 5) is 4.33. The number of aryl methyl sites for hydroxylation is 2. The van der Waals surface area contributed by atoms with Crippen LogP contribution in [0.5, 0.6) is 0 Å². The molecule has 2 N–H and O–H groups in total. The third-order valence-electron chi connectivity index (χ3n) is 3.49. The van der Waals surface area contributed by atoms with E-state index in [1.807, 2.05) is 49.1 Å². The van der Waals surface area contributed by atoms with E-state index in [4.69, 9.17) is 10.5 Å². The molecule has 2 atom stereocenters. The van der Waals surface area contributed by atoms with Crippen LogP contribution in [0.4, 0.5) is 0 Å². The molecule has 4 heteroatoms. The van der Waals surface area contributed by atoms with Crippen LogP contribution in [0, 0.1) is 0 Å². The van der Waals surface area contributed by atoms with E-state index in [0.717, 1.165) is 24.2 Å². The van der Waals surface area contributed by atoms with Gasteiger partial charge in [-0.1, -0.05) is 30.3 Å². The lowest BCUT2D eigenvalue weighted by Gasteiger charge is -2.24. The summed E-state index contributed by atoms with van der Waals surface area (Å²) in [6, 6.07) is 10.2. The summed E-state index contributed by atoms with van der Waals surface area (Å²) < 4.78 is 7.87. The van der Waals surface area contributed by atoms with Crippen LogP contribution in [0.3, 0.4) is 0 Å². The fourth-order valence-electron chi connectivity index (χ4n) is 2.37. The molecule has 0 saturated carbocycles. The second-order valence-electron chi connectivity index (χ2n) is 4.94. The van der Waals surface area contributed by atoms with Gasteiger partial charge in [-0.05, 0) is 18.9 Å². The second kappa shape index (κ2) is 7.22. The summed E-state index contributed by atoms with van der Waals surface area (Å²) in [7, 11) is 2.01. The van der Waals surface area contributed by atoms with Crippen molar-refractivity contribution in [2.24, 2.45) is 12.8 Å². The minimum absolute atomic E-state index is 0.0333. The van der Waals surface area contributed by atoms with Gasteiger partial charge in [-0.3, -0.25) is 0 Å². The third kappa shape index (κ3) is 3.68. The molecule has 0 spiro atoms. The number of hydrogen-bond acceptors (Lipinski definition) is 3. The van der Waals surface area contributed by atoms with E-state index in [-0.39, 0.29) is 12.1 Å². The number of ether oxygens (including phenoxy) is 1. The number of imidazole rings is 1. The Bertz CT molecular complexity index is 509.